The SMILES string of the molecule is C/C=C/N(C)C.N. The summed E-state index contributed by atoms with van der Waals surface area (Å²) in [4.78, 5) is 2.00. The van der Waals surface area contributed by atoms with Gasteiger partial charge >= 0.3 is 0 Å². The van der Waals surface area contributed by atoms with E-state index in [2.05, 4.69) is 0 Å². The van der Waals surface area contributed by atoms with E-state index in [1.807, 2.05) is 38.2 Å². The van der Waals surface area contributed by atoms with E-state index in [9.17, 15) is 0 Å². The summed E-state index contributed by atoms with van der Waals surface area (Å²) in [6, 6.07) is 0. The Morgan fingerprint density at radius 3 is 1.71 bits per heavy atom. The standard InChI is InChI=1S/C5H11N.H3N/c1-4-5-6(2)3;/h4-5H,1-3H3;1H3/b5-4+;. The minimum atomic E-state index is 0. The summed E-state index contributed by atoms with van der Waals surface area (Å²) in [5.74, 6) is 0. The number of hydrogen-bond donors (Lipinski definition) is 1. The second-order valence-electron chi connectivity index (χ2n) is 1.45. The molecule has 0 rings (SSSR count). The summed E-state index contributed by atoms with van der Waals surface area (Å²) in [5.41, 5.74) is 0. The molecule has 0 aromatic carbocycles. The molecule has 2 nitrogen and oxygen atoms in total. The van der Waals surface area contributed by atoms with Gasteiger partial charge in [-0.2, -0.15) is 0 Å². The van der Waals surface area contributed by atoms with E-state index in [-0.39, 0.29) is 6.15 Å². The van der Waals surface area contributed by atoms with Crippen LogP contribution in [-0.4, -0.2) is 19.0 Å². The maximum Gasteiger partial charge on any atom is 0.00555 e. The Bertz CT molecular complexity index is 48.0. The molecule has 0 aliphatic carbocycles. The Morgan fingerprint density at radius 1 is 1.29 bits per heavy atom. The van der Waals surface area contributed by atoms with E-state index < -0.39 is 0 Å². The van der Waals surface area contributed by atoms with Gasteiger partial charge in [0.25, 0.3) is 0 Å². The average molecular weight is 102 g/mol. The van der Waals surface area contributed by atoms with E-state index in [1.165, 1.54) is 0 Å². The molecule has 0 aliphatic heterocycles. The number of rotatable bonds is 1. The quantitative estimate of drug-likeness (QED) is 0.541. The topological polar surface area (TPSA) is 38.2 Å². The van der Waals surface area contributed by atoms with Crippen molar-refractivity contribution >= 4 is 0 Å². The van der Waals surface area contributed by atoms with Gasteiger partial charge in [0, 0.05) is 14.1 Å². The monoisotopic (exact) mass is 102 g/mol. The summed E-state index contributed by atoms with van der Waals surface area (Å²) in [5, 5.41) is 0. The van der Waals surface area contributed by atoms with Crippen molar-refractivity contribution in [2.24, 2.45) is 0 Å². The van der Waals surface area contributed by atoms with Crippen LogP contribution in [0, 0.1) is 0 Å². The minimum absolute atomic E-state index is 0. The van der Waals surface area contributed by atoms with E-state index >= 15 is 0 Å². The van der Waals surface area contributed by atoms with Gasteiger partial charge in [-0.3, -0.25) is 0 Å². The zero-order valence-corrected chi connectivity index (χ0v) is 5.31. The van der Waals surface area contributed by atoms with Crippen molar-refractivity contribution in [3.05, 3.63) is 12.3 Å². The van der Waals surface area contributed by atoms with Gasteiger partial charge in [0.1, 0.15) is 0 Å². The molecule has 0 radical (unpaired) electrons. The first-order valence-electron chi connectivity index (χ1n) is 2.06. The van der Waals surface area contributed by atoms with E-state index in [0.717, 1.165) is 0 Å². The zero-order valence-electron chi connectivity index (χ0n) is 5.31. The second kappa shape index (κ2) is 5.50. The normalized spacial score (nSPS) is 8.43. The van der Waals surface area contributed by atoms with Gasteiger partial charge in [-0.15, -0.1) is 0 Å². The Kier molecular flexibility index (Phi) is 7.63. The molecule has 0 saturated heterocycles. The molecule has 0 bridgehead atoms. The highest BCUT2D eigenvalue weighted by Gasteiger charge is 1.65. The van der Waals surface area contributed by atoms with Crippen molar-refractivity contribution in [2.75, 3.05) is 14.1 Å². The highest BCUT2D eigenvalue weighted by Crippen LogP contribution is 1.71. The summed E-state index contributed by atoms with van der Waals surface area (Å²) in [6.07, 6.45) is 4.00. The first-order valence-corrected chi connectivity index (χ1v) is 2.06. The Labute approximate surface area is 45.4 Å². The van der Waals surface area contributed by atoms with Crippen LogP contribution in [0.25, 0.3) is 0 Å². The van der Waals surface area contributed by atoms with E-state index in [0.29, 0.717) is 0 Å². The fraction of sp³-hybridized carbons (Fsp3) is 0.600. The summed E-state index contributed by atoms with van der Waals surface area (Å²) in [7, 11) is 4.00. The van der Waals surface area contributed by atoms with Crippen LogP contribution in [0.1, 0.15) is 6.92 Å². The van der Waals surface area contributed by atoms with Crippen LogP contribution >= 0.6 is 0 Å². The molecule has 0 aromatic heterocycles. The molecule has 0 saturated carbocycles. The van der Waals surface area contributed by atoms with Gasteiger partial charge in [0.05, 0.1) is 0 Å². The third-order valence-electron chi connectivity index (χ3n) is 0.447. The third kappa shape index (κ3) is 10.8. The Balaban J connectivity index is 0. The molecule has 0 unspecified atom stereocenters. The molecule has 0 amide bonds. The smallest absolute Gasteiger partial charge is 0.00555 e. The summed E-state index contributed by atoms with van der Waals surface area (Å²) < 4.78 is 0. The molecule has 2 heteroatoms. The molecule has 7 heavy (non-hydrogen) atoms. The number of allylic oxidation sites excluding steroid dienone is 1. The van der Waals surface area contributed by atoms with Crippen molar-refractivity contribution in [3.8, 4) is 0 Å². The summed E-state index contributed by atoms with van der Waals surface area (Å²) in [6.45, 7) is 2.00. The third-order valence-corrected chi connectivity index (χ3v) is 0.447. The van der Waals surface area contributed by atoms with Crippen molar-refractivity contribution in [1.29, 1.82) is 0 Å². The zero-order chi connectivity index (χ0) is 4.99. The lowest BCUT2D eigenvalue weighted by Crippen LogP contribution is -1.98. The van der Waals surface area contributed by atoms with Gasteiger partial charge in [-0.05, 0) is 13.1 Å². The van der Waals surface area contributed by atoms with Crippen LogP contribution < -0.4 is 6.15 Å². The largest absolute Gasteiger partial charge is 0.384 e. The highest BCUT2D eigenvalue weighted by molar-refractivity contribution is 4.72. The van der Waals surface area contributed by atoms with Crippen LogP contribution in [0.15, 0.2) is 12.3 Å². The predicted octanol–water partition coefficient (Wildman–Crippen LogP) is 1.24. The van der Waals surface area contributed by atoms with Crippen LogP contribution in [0.4, 0.5) is 0 Å². The van der Waals surface area contributed by atoms with E-state index in [1.54, 1.807) is 0 Å². The van der Waals surface area contributed by atoms with Crippen molar-refractivity contribution < 1.29 is 0 Å². The highest BCUT2D eigenvalue weighted by atomic mass is 15.0. The van der Waals surface area contributed by atoms with Crippen LogP contribution in [-0.2, 0) is 0 Å². The molecule has 0 spiro atoms. The number of hydrogen-bond acceptors (Lipinski definition) is 2. The predicted molar refractivity (Wildman–Crippen MR) is 33.5 cm³/mol. The first-order chi connectivity index (χ1) is 2.77. The molecule has 0 heterocycles. The molecule has 0 aliphatic rings. The Morgan fingerprint density at radius 2 is 1.71 bits per heavy atom. The van der Waals surface area contributed by atoms with Crippen LogP contribution in [0.2, 0.25) is 0 Å². The fourth-order valence-electron chi connectivity index (χ4n) is 0.298. The van der Waals surface area contributed by atoms with Gasteiger partial charge < -0.3 is 11.1 Å². The van der Waals surface area contributed by atoms with Gasteiger partial charge in [-0.1, -0.05) is 6.08 Å². The molecule has 44 valence electrons. The first kappa shape index (κ1) is 9.71. The molecule has 0 fully saturated rings. The fourth-order valence-corrected chi connectivity index (χ4v) is 0.298. The van der Waals surface area contributed by atoms with Crippen LogP contribution in [0.5, 0.6) is 0 Å². The molecular weight excluding hydrogens is 88.1 g/mol. The maximum absolute atomic E-state index is 2.00. The molecule has 0 atom stereocenters. The molecule has 0 aromatic rings. The van der Waals surface area contributed by atoms with Gasteiger partial charge in [0.2, 0.25) is 0 Å². The van der Waals surface area contributed by atoms with Crippen molar-refractivity contribution in [2.45, 2.75) is 6.92 Å². The Hall–Kier alpha value is -0.500. The lowest BCUT2D eigenvalue weighted by molar-refractivity contribution is 0.563. The average Bonchev–Trinajstić information content (AvgIpc) is 1.35. The van der Waals surface area contributed by atoms with Gasteiger partial charge in [0.15, 0.2) is 0 Å². The van der Waals surface area contributed by atoms with Gasteiger partial charge in [-0.25, -0.2) is 0 Å². The lowest BCUT2D eigenvalue weighted by Gasteiger charge is -1.99. The van der Waals surface area contributed by atoms with Crippen molar-refractivity contribution in [1.82, 2.24) is 11.1 Å². The minimum Gasteiger partial charge on any atom is -0.384 e. The van der Waals surface area contributed by atoms with Crippen molar-refractivity contribution in [3.63, 3.8) is 0 Å². The number of nitrogens with zero attached hydrogens (tertiary/aromatic N) is 1. The second-order valence-corrected chi connectivity index (χ2v) is 1.45. The lowest BCUT2D eigenvalue weighted by atomic mass is 10.7. The summed E-state index contributed by atoms with van der Waals surface area (Å²) >= 11 is 0. The molecule has 3 N–H and O–H groups in total. The molecular formula is C5H14N2. The maximum atomic E-state index is 2.00. The van der Waals surface area contributed by atoms with E-state index in [4.69, 9.17) is 0 Å². The van der Waals surface area contributed by atoms with Crippen LogP contribution in [0.3, 0.4) is 0 Å².